The average Bonchev–Trinajstić information content (AvgIpc) is 3.41. The van der Waals surface area contributed by atoms with Crippen molar-refractivity contribution in [2.75, 3.05) is 0 Å². The second-order valence-electron chi connectivity index (χ2n) is 6.82. The molecule has 0 aliphatic rings. The van der Waals surface area contributed by atoms with Gasteiger partial charge in [-0.15, -0.1) is 12.4 Å². The highest BCUT2D eigenvalue weighted by molar-refractivity contribution is 5.85. The summed E-state index contributed by atoms with van der Waals surface area (Å²) in [5, 5.41) is 7.06. The number of rotatable bonds is 5. The standard InChI is InChI=1S/C23H15F3N4O.ClH/c24-19-4-2-1-3-17(19)22-18(11-28-29-22)15-7-10-21-27-12-20(30(21)13-15)14-5-8-16(9-6-14)31-23(25)26;/h1-13,23H,(H,28,29);1H. The number of alkyl halides is 2. The largest absolute Gasteiger partial charge is 0.435 e. The van der Waals surface area contributed by atoms with E-state index in [4.69, 9.17) is 0 Å². The first-order chi connectivity index (χ1) is 15.1. The quantitative estimate of drug-likeness (QED) is 0.341. The van der Waals surface area contributed by atoms with E-state index in [1.165, 1.54) is 18.2 Å². The summed E-state index contributed by atoms with van der Waals surface area (Å²) < 4.78 is 45.4. The third-order valence-corrected chi connectivity index (χ3v) is 4.96. The first kappa shape index (κ1) is 21.5. The number of imidazole rings is 1. The highest BCUT2D eigenvalue weighted by Gasteiger charge is 2.15. The molecule has 32 heavy (non-hydrogen) atoms. The molecule has 0 saturated heterocycles. The molecule has 3 heterocycles. The van der Waals surface area contributed by atoms with Crippen LogP contribution in [0.4, 0.5) is 13.2 Å². The van der Waals surface area contributed by atoms with Gasteiger partial charge in [0.05, 0.1) is 11.9 Å². The maximum absolute atomic E-state index is 14.3. The molecule has 5 aromatic rings. The van der Waals surface area contributed by atoms with Crippen LogP contribution in [0.5, 0.6) is 5.75 Å². The van der Waals surface area contributed by atoms with Gasteiger partial charge >= 0.3 is 6.61 Å². The van der Waals surface area contributed by atoms with Crippen LogP contribution in [0.15, 0.2) is 79.3 Å². The summed E-state index contributed by atoms with van der Waals surface area (Å²) in [6.07, 6.45) is 5.31. The van der Waals surface area contributed by atoms with Crippen molar-refractivity contribution in [3.8, 4) is 39.4 Å². The van der Waals surface area contributed by atoms with Crippen LogP contribution in [0.3, 0.4) is 0 Å². The van der Waals surface area contributed by atoms with Crippen LogP contribution in [-0.4, -0.2) is 26.2 Å². The number of aromatic nitrogens is 4. The smallest absolute Gasteiger partial charge is 0.387 e. The molecule has 0 aliphatic carbocycles. The second kappa shape index (κ2) is 8.76. The molecular formula is C23H16ClF3N4O. The molecule has 1 N–H and O–H groups in total. The Balaban J connectivity index is 0.00000245. The Kier molecular flexibility index (Phi) is 5.87. The van der Waals surface area contributed by atoms with Crippen molar-refractivity contribution in [1.82, 2.24) is 19.6 Å². The van der Waals surface area contributed by atoms with Crippen LogP contribution >= 0.6 is 12.4 Å². The molecule has 0 unspecified atom stereocenters. The van der Waals surface area contributed by atoms with E-state index in [-0.39, 0.29) is 24.0 Å². The second-order valence-corrected chi connectivity index (χ2v) is 6.82. The predicted molar refractivity (Wildman–Crippen MR) is 117 cm³/mol. The Labute approximate surface area is 186 Å². The van der Waals surface area contributed by atoms with Gasteiger partial charge in [-0.25, -0.2) is 9.37 Å². The Morgan fingerprint density at radius 1 is 0.906 bits per heavy atom. The van der Waals surface area contributed by atoms with Gasteiger partial charge in [0.15, 0.2) is 0 Å². The van der Waals surface area contributed by atoms with Crippen LogP contribution < -0.4 is 4.74 Å². The zero-order chi connectivity index (χ0) is 21.4. The highest BCUT2D eigenvalue weighted by atomic mass is 35.5. The van der Waals surface area contributed by atoms with Crippen molar-refractivity contribution in [3.63, 3.8) is 0 Å². The van der Waals surface area contributed by atoms with Crippen molar-refractivity contribution in [1.29, 1.82) is 0 Å². The molecular weight excluding hydrogens is 441 g/mol. The van der Waals surface area contributed by atoms with Gasteiger partial charge in [0, 0.05) is 34.6 Å². The molecule has 5 nitrogen and oxygen atoms in total. The van der Waals surface area contributed by atoms with Gasteiger partial charge in [0.25, 0.3) is 0 Å². The van der Waals surface area contributed by atoms with Gasteiger partial charge in [-0.05, 0) is 48.5 Å². The van der Waals surface area contributed by atoms with Crippen molar-refractivity contribution in [2.24, 2.45) is 0 Å². The lowest BCUT2D eigenvalue weighted by Gasteiger charge is -2.08. The highest BCUT2D eigenvalue weighted by Crippen LogP contribution is 2.33. The summed E-state index contributed by atoms with van der Waals surface area (Å²) in [5.41, 5.74) is 4.74. The lowest BCUT2D eigenvalue weighted by Crippen LogP contribution is -2.01. The third kappa shape index (κ3) is 3.92. The SMILES string of the molecule is Cl.Fc1ccccc1-c1n[nH]cc1-c1ccc2ncc(-c3ccc(OC(F)F)cc3)n2c1. The monoisotopic (exact) mass is 456 g/mol. The fraction of sp³-hybridized carbons (Fsp3) is 0.0435. The van der Waals surface area contributed by atoms with Gasteiger partial charge in [-0.3, -0.25) is 9.50 Å². The Bertz CT molecular complexity index is 1370. The van der Waals surface area contributed by atoms with Gasteiger partial charge in [0.2, 0.25) is 0 Å². The number of pyridine rings is 1. The summed E-state index contributed by atoms with van der Waals surface area (Å²) >= 11 is 0. The summed E-state index contributed by atoms with van der Waals surface area (Å²) in [6.45, 7) is -2.87. The zero-order valence-electron chi connectivity index (χ0n) is 16.4. The van der Waals surface area contributed by atoms with Crippen molar-refractivity contribution in [2.45, 2.75) is 6.61 Å². The third-order valence-electron chi connectivity index (χ3n) is 4.96. The van der Waals surface area contributed by atoms with E-state index >= 15 is 0 Å². The lowest BCUT2D eigenvalue weighted by atomic mass is 10.0. The van der Waals surface area contributed by atoms with Gasteiger partial charge in [-0.1, -0.05) is 12.1 Å². The van der Waals surface area contributed by atoms with E-state index in [0.717, 1.165) is 22.4 Å². The molecule has 0 amide bonds. The number of benzene rings is 2. The number of hydrogen-bond donors (Lipinski definition) is 1. The van der Waals surface area contributed by atoms with Crippen LogP contribution in [0.25, 0.3) is 39.3 Å². The van der Waals surface area contributed by atoms with E-state index in [2.05, 4.69) is 19.9 Å². The van der Waals surface area contributed by atoms with Crippen LogP contribution in [0, 0.1) is 5.82 Å². The van der Waals surface area contributed by atoms with Gasteiger partial charge in [-0.2, -0.15) is 13.9 Å². The van der Waals surface area contributed by atoms with Crippen LogP contribution in [0.1, 0.15) is 0 Å². The minimum absolute atomic E-state index is 0. The molecule has 5 rings (SSSR count). The summed E-state index contributed by atoms with van der Waals surface area (Å²) in [5.74, 6) is -0.271. The normalized spacial score (nSPS) is 11.0. The summed E-state index contributed by atoms with van der Waals surface area (Å²) in [6, 6.07) is 16.6. The minimum Gasteiger partial charge on any atom is -0.435 e. The van der Waals surface area contributed by atoms with Crippen molar-refractivity contribution in [3.05, 3.63) is 85.1 Å². The number of H-pyrrole nitrogens is 1. The van der Waals surface area contributed by atoms with Crippen LogP contribution in [-0.2, 0) is 0 Å². The molecule has 9 heteroatoms. The molecule has 3 aromatic heterocycles. The molecule has 162 valence electrons. The molecule has 0 fully saturated rings. The first-order valence-corrected chi connectivity index (χ1v) is 9.41. The molecule has 0 saturated carbocycles. The number of hydrogen-bond acceptors (Lipinski definition) is 3. The molecule has 0 atom stereocenters. The Hall–Kier alpha value is -3.78. The summed E-state index contributed by atoms with van der Waals surface area (Å²) in [4.78, 5) is 4.41. The fourth-order valence-electron chi connectivity index (χ4n) is 3.53. The molecule has 0 aliphatic heterocycles. The van der Waals surface area contributed by atoms with E-state index in [1.54, 1.807) is 42.7 Å². The number of nitrogens with zero attached hydrogens (tertiary/aromatic N) is 3. The van der Waals surface area contributed by atoms with E-state index in [1.807, 2.05) is 22.7 Å². The average molecular weight is 457 g/mol. The number of nitrogens with one attached hydrogen (secondary N) is 1. The number of aromatic amines is 1. The van der Waals surface area contributed by atoms with Crippen molar-refractivity contribution >= 4 is 18.1 Å². The minimum atomic E-state index is -2.87. The topological polar surface area (TPSA) is 55.2 Å². The summed E-state index contributed by atoms with van der Waals surface area (Å²) in [7, 11) is 0. The maximum Gasteiger partial charge on any atom is 0.387 e. The lowest BCUT2D eigenvalue weighted by molar-refractivity contribution is -0.0498. The molecule has 2 aromatic carbocycles. The number of ether oxygens (including phenoxy) is 1. The van der Waals surface area contributed by atoms with Gasteiger partial charge in [0.1, 0.15) is 22.9 Å². The molecule has 0 spiro atoms. The maximum atomic E-state index is 14.3. The Morgan fingerprint density at radius 2 is 1.66 bits per heavy atom. The van der Waals surface area contributed by atoms with E-state index in [9.17, 15) is 13.2 Å². The van der Waals surface area contributed by atoms with Gasteiger partial charge < -0.3 is 4.74 Å². The number of fused-ring (bicyclic) bond motifs is 1. The molecule has 0 radical (unpaired) electrons. The zero-order valence-corrected chi connectivity index (χ0v) is 17.2. The van der Waals surface area contributed by atoms with Crippen LogP contribution in [0.2, 0.25) is 0 Å². The Morgan fingerprint density at radius 3 is 2.41 bits per heavy atom. The molecule has 0 bridgehead atoms. The number of halogens is 4. The van der Waals surface area contributed by atoms with E-state index < -0.39 is 6.61 Å². The fourth-order valence-corrected chi connectivity index (χ4v) is 3.53. The van der Waals surface area contributed by atoms with E-state index in [0.29, 0.717) is 16.9 Å². The predicted octanol–water partition coefficient (Wildman–Crippen LogP) is 6.22. The van der Waals surface area contributed by atoms with Crippen molar-refractivity contribution < 1.29 is 17.9 Å². The first-order valence-electron chi connectivity index (χ1n) is 9.41.